The predicted octanol–water partition coefficient (Wildman–Crippen LogP) is 5.48. The Labute approximate surface area is 136 Å². The smallest absolute Gasteiger partial charge is 0.332 e. The Morgan fingerprint density at radius 1 is 1.09 bits per heavy atom. The summed E-state index contributed by atoms with van der Waals surface area (Å²) in [6.45, 7) is 1.70. The first-order valence-corrected chi connectivity index (χ1v) is 7.06. The van der Waals surface area contributed by atoms with Gasteiger partial charge in [0, 0.05) is 16.4 Å². The van der Waals surface area contributed by atoms with Gasteiger partial charge in [-0.2, -0.15) is 13.2 Å². The molecule has 0 aliphatic rings. The van der Waals surface area contributed by atoms with Gasteiger partial charge in [0.1, 0.15) is 0 Å². The molecule has 116 valence electrons. The van der Waals surface area contributed by atoms with E-state index in [4.69, 9.17) is 23.8 Å². The summed E-state index contributed by atoms with van der Waals surface area (Å²) in [7, 11) is 0. The minimum Gasteiger partial charge on any atom is -0.332 e. The first-order valence-electron chi connectivity index (χ1n) is 6.27. The lowest BCUT2D eigenvalue weighted by atomic mass is 10.1. The second kappa shape index (κ2) is 6.54. The minimum atomic E-state index is -4.40. The number of rotatable bonds is 2. The molecule has 2 N–H and O–H groups in total. The second-order valence-corrected chi connectivity index (χ2v) is 5.46. The summed E-state index contributed by atoms with van der Waals surface area (Å²) in [6, 6.07) is 10.3. The van der Waals surface area contributed by atoms with Crippen LogP contribution in [-0.2, 0) is 6.18 Å². The van der Waals surface area contributed by atoms with E-state index >= 15 is 0 Å². The van der Waals surface area contributed by atoms with Gasteiger partial charge in [-0.1, -0.05) is 23.7 Å². The van der Waals surface area contributed by atoms with Crippen LogP contribution in [0.2, 0.25) is 5.02 Å². The highest BCUT2D eigenvalue weighted by atomic mass is 35.5. The quantitative estimate of drug-likeness (QED) is 0.706. The van der Waals surface area contributed by atoms with Crippen molar-refractivity contribution in [2.75, 3.05) is 10.6 Å². The maximum atomic E-state index is 12.7. The molecule has 0 bridgehead atoms. The molecule has 2 aromatic carbocycles. The number of anilines is 2. The zero-order chi connectivity index (χ0) is 16.3. The zero-order valence-electron chi connectivity index (χ0n) is 11.5. The van der Waals surface area contributed by atoms with Crippen LogP contribution in [0.15, 0.2) is 42.5 Å². The Morgan fingerprint density at radius 2 is 1.82 bits per heavy atom. The molecule has 0 aromatic heterocycles. The van der Waals surface area contributed by atoms with E-state index in [1.54, 1.807) is 31.2 Å². The normalized spacial score (nSPS) is 11.1. The van der Waals surface area contributed by atoms with Crippen molar-refractivity contribution in [1.82, 2.24) is 0 Å². The number of alkyl halides is 3. The highest BCUT2D eigenvalue weighted by Gasteiger charge is 2.30. The van der Waals surface area contributed by atoms with Crippen molar-refractivity contribution in [3.05, 3.63) is 58.6 Å². The SMILES string of the molecule is Cc1ccc(C(F)(F)F)cc1NC(=S)Nc1cccc(Cl)c1. The van der Waals surface area contributed by atoms with Crippen molar-refractivity contribution in [2.45, 2.75) is 13.1 Å². The third kappa shape index (κ3) is 4.35. The Morgan fingerprint density at radius 3 is 2.45 bits per heavy atom. The summed E-state index contributed by atoms with van der Waals surface area (Å²) in [4.78, 5) is 0. The van der Waals surface area contributed by atoms with E-state index in [2.05, 4.69) is 10.6 Å². The van der Waals surface area contributed by atoms with Crippen molar-refractivity contribution in [1.29, 1.82) is 0 Å². The van der Waals surface area contributed by atoms with Crippen molar-refractivity contribution < 1.29 is 13.2 Å². The van der Waals surface area contributed by atoms with Crippen LogP contribution in [0.5, 0.6) is 0 Å². The largest absolute Gasteiger partial charge is 0.416 e. The number of thiocarbonyl (C=S) groups is 1. The third-order valence-electron chi connectivity index (χ3n) is 2.90. The van der Waals surface area contributed by atoms with Crippen LogP contribution in [0.3, 0.4) is 0 Å². The summed E-state index contributed by atoms with van der Waals surface area (Å²) < 4.78 is 38.2. The molecule has 0 spiro atoms. The van der Waals surface area contributed by atoms with Gasteiger partial charge in [0.15, 0.2) is 5.11 Å². The number of halogens is 4. The van der Waals surface area contributed by atoms with Gasteiger partial charge in [0.05, 0.1) is 5.56 Å². The Kier molecular flexibility index (Phi) is 4.93. The molecule has 0 fully saturated rings. The second-order valence-electron chi connectivity index (χ2n) is 4.62. The molecule has 0 amide bonds. The summed E-state index contributed by atoms with van der Waals surface area (Å²) in [5.74, 6) is 0. The molecule has 0 saturated heterocycles. The van der Waals surface area contributed by atoms with Gasteiger partial charge in [-0.3, -0.25) is 0 Å². The molecule has 22 heavy (non-hydrogen) atoms. The van der Waals surface area contributed by atoms with Gasteiger partial charge in [-0.25, -0.2) is 0 Å². The van der Waals surface area contributed by atoms with Crippen LogP contribution in [0.25, 0.3) is 0 Å². The average Bonchev–Trinajstić information content (AvgIpc) is 2.40. The molecule has 2 nitrogen and oxygen atoms in total. The molecule has 0 unspecified atom stereocenters. The maximum absolute atomic E-state index is 12.7. The van der Waals surface area contributed by atoms with E-state index in [9.17, 15) is 13.2 Å². The van der Waals surface area contributed by atoms with Gasteiger partial charge >= 0.3 is 6.18 Å². The fourth-order valence-corrected chi connectivity index (χ4v) is 2.20. The highest BCUT2D eigenvalue weighted by molar-refractivity contribution is 7.80. The van der Waals surface area contributed by atoms with Gasteiger partial charge in [0.25, 0.3) is 0 Å². The molecule has 0 atom stereocenters. The first kappa shape index (κ1) is 16.6. The molecule has 0 aliphatic carbocycles. The fraction of sp³-hybridized carbons (Fsp3) is 0.133. The van der Waals surface area contributed by atoms with E-state index in [-0.39, 0.29) is 5.11 Å². The third-order valence-corrected chi connectivity index (χ3v) is 3.33. The summed E-state index contributed by atoms with van der Waals surface area (Å²) in [6.07, 6.45) is -4.40. The van der Waals surface area contributed by atoms with Crippen molar-refractivity contribution in [2.24, 2.45) is 0 Å². The van der Waals surface area contributed by atoms with Gasteiger partial charge < -0.3 is 10.6 Å². The van der Waals surface area contributed by atoms with Crippen LogP contribution in [0.4, 0.5) is 24.5 Å². The summed E-state index contributed by atoms with van der Waals surface area (Å²) in [5.41, 5.74) is 0.874. The summed E-state index contributed by atoms with van der Waals surface area (Å²) in [5, 5.41) is 6.35. The van der Waals surface area contributed by atoms with E-state index in [0.29, 0.717) is 22.0 Å². The molecule has 7 heteroatoms. The van der Waals surface area contributed by atoms with Crippen LogP contribution in [-0.4, -0.2) is 5.11 Å². The Bertz CT molecular complexity index is 701. The van der Waals surface area contributed by atoms with Crippen molar-refractivity contribution >= 4 is 40.3 Å². The zero-order valence-corrected chi connectivity index (χ0v) is 13.0. The van der Waals surface area contributed by atoms with Gasteiger partial charge in [-0.15, -0.1) is 0 Å². The van der Waals surface area contributed by atoms with Crippen LogP contribution >= 0.6 is 23.8 Å². The van der Waals surface area contributed by atoms with Crippen LogP contribution in [0, 0.1) is 6.92 Å². The standard InChI is InChI=1S/C15H12ClF3N2S/c1-9-5-6-10(15(17,18)19)7-13(9)21-14(22)20-12-4-2-3-11(16)8-12/h2-8H,1H3,(H2,20,21,22). The molecule has 0 heterocycles. The molecular formula is C15H12ClF3N2S. The Balaban J connectivity index is 2.14. The minimum absolute atomic E-state index is 0.185. The van der Waals surface area contributed by atoms with Crippen molar-refractivity contribution in [3.8, 4) is 0 Å². The molecule has 2 rings (SSSR count). The molecule has 0 radical (unpaired) electrons. The highest BCUT2D eigenvalue weighted by Crippen LogP contribution is 2.32. The van der Waals surface area contributed by atoms with E-state index in [1.807, 2.05) is 0 Å². The predicted molar refractivity (Wildman–Crippen MR) is 87.5 cm³/mol. The van der Waals surface area contributed by atoms with Crippen molar-refractivity contribution in [3.63, 3.8) is 0 Å². The number of hydrogen-bond donors (Lipinski definition) is 2. The first-order chi connectivity index (χ1) is 10.3. The molecular weight excluding hydrogens is 333 g/mol. The maximum Gasteiger partial charge on any atom is 0.416 e. The average molecular weight is 345 g/mol. The molecule has 0 aliphatic heterocycles. The van der Waals surface area contributed by atoms with Gasteiger partial charge in [0.2, 0.25) is 0 Å². The fourth-order valence-electron chi connectivity index (χ4n) is 1.78. The molecule has 0 saturated carbocycles. The van der Waals surface area contributed by atoms with E-state index in [0.717, 1.165) is 12.1 Å². The topological polar surface area (TPSA) is 24.1 Å². The lowest BCUT2D eigenvalue weighted by molar-refractivity contribution is -0.137. The van der Waals surface area contributed by atoms with E-state index < -0.39 is 11.7 Å². The lowest BCUT2D eigenvalue weighted by Gasteiger charge is -2.15. The number of hydrogen-bond acceptors (Lipinski definition) is 1. The van der Waals surface area contributed by atoms with Crippen LogP contribution in [0.1, 0.15) is 11.1 Å². The number of nitrogens with one attached hydrogen (secondary N) is 2. The lowest BCUT2D eigenvalue weighted by Crippen LogP contribution is -2.20. The monoisotopic (exact) mass is 344 g/mol. The Hall–Kier alpha value is -1.79. The number of benzene rings is 2. The summed E-state index contributed by atoms with van der Waals surface area (Å²) >= 11 is 11.0. The van der Waals surface area contributed by atoms with Gasteiger partial charge in [-0.05, 0) is 55.0 Å². The van der Waals surface area contributed by atoms with E-state index in [1.165, 1.54) is 6.07 Å². The van der Waals surface area contributed by atoms with Crippen LogP contribution < -0.4 is 10.6 Å². The number of aryl methyl sites for hydroxylation is 1. The molecule has 2 aromatic rings.